The van der Waals surface area contributed by atoms with Crippen molar-refractivity contribution in [2.75, 3.05) is 0 Å². The first-order valence-corrected chi connectivity index (χ1v) is 5.18. The molecule has 0 N–H and O–H groups in total. The van der Waals surface area contributed by atoms with Crippen molar-refractivity contribution in [1.82, 2.24) is 0 Å². The van der Waals surface area contributed by atoms with Crippen LogP contribution in [0.15, 0.2) is 58.7 Å². The molecule has 0 heteroatoms. The van der Waals surface area contributed by atoms with Crippen molar-refractivity contribution in [2.45, 2.75) is 26.7 Å². The number of hydrogen-bond acceptors (Lipinski definition) is 0. The molecule has 2 rings (SSSR count). The van der Waals surface area contributed by atoms with Crippen LogP contribution in [0.4, 0.5) is 0 Å². The zero-order valence-corrected chi connectivity index (χ0v) is 8.88. The fourth-order valence-electron chi connectivity index (χ4n) is 1.96. The van der Waals surface area contributed by atoms with Gasteiger partial charge in [-0.3, -0.25) is 0 Å². The quantitative estimate of drug-likeness (QED) is 0.606. The highest BCUT2D eigenvalue weighted by molar-refractivity contribution is 5.53. The summed E-state index contributed by atoms with van der Waals surface area (Å²) in [6.07, 6.45) is 15.6. The SMILES string of the molecule is CC(C)=C1C=CC=C1CC1=CCC=C1. The second-order valence-corrected chi connectivity index (χ2v) is 4.06. The van der Waals surface area contributed by atoms with Gasteiger partial charge in [-0.05, 0) is 43.4 Å². The van der Waals surface area contributed by atoms with E-state index in [1.54, 1.807) is 0 Å². The minimum Gasteiger partial charge on any atom is -0.0805 e. The minimum atomic E-state index is 1.09. The molecule has 2 aliphatic carbocycles. The van der Waals surface area contributed by atoms with Gasteiger partial charge in [-0.15, -0.1) is 0 Å². The Bertz CT molecular complexity index is 380. The molecule has 0 amide bonds. The summed E-state index contributed by atoms with van der Waals surface area (Å²) in [4.78, 5) is 0. The van der Waals surface area contributed by atoms with Gasteiger partial charge in [-0.25, -0.2) is 0 Å². The van der Waals surface area contributed by atoms with Crippen LogP contribution in [0.5, 0.6) is 0 Å². The Kier molecular flexibility index (Phi) is 2.53. The smallest absolute Gasteiger partial charge is 0.00230 e. The number of rotatable bonds is 2. The van der Waals surface area contributed by atoms with Gasteiger partial charge in [0.2, 0.25) is 0 Å². The van der Waals surface area contributed by atoms with Crippen LogP contribution >= 0.6 is 0 Å². The average molecular weight is 184 g/mol. The molecular weight excluding hydrogens is 168 g/mol. The fourth-order valence-corrected chi connectivity index (χ4v) is 1.96. The highest BCUT2D eigenvalue weighted by atomic mass is 14.1. The molecule has 2 aliphatic rings. The molecule has 0 radical (unpaired) electrons. The highest BCUT2D eigenvalue weighted by Crippen LogP contribution is 2.29. The van der Waals surface area contributed by atoms with Gasteiger partial charge >= 0.3 is 0 Å². The molecule has 0 saturated carbocycles. The van der Waals surface area contributed by atoms with E-state index in [4.69, 9.17) is 0 Å². The third kappa shape index (κ3) is 1.79. The summed E-state index contributed by atoms with van der Waals surface area (Å²) in [6, 6.07) is 0. The predicted molar refractivity (Wildman–Crippen MR) is 62.1 cm³/mol. The van der Waals surface area contributed by atoms with Crippen LogP contribution in [0, 0.1) is 0 Å². The van der Waals surface area contributed by atoms with Crippen molar-refractivity contribution in [1.29, 1.82) is 0 Å². The van der Waals surface area contributed by atoms with E-state index in [0.29, 0.717) is 0 Å². The standard InChI is InChI=1S/C14H16/c1-11(2)14-9-5-8-13(14)10-12-6-3-4-7-12/h3,5-9H,4,10H2,1-2H3. The predicted octanol–water partition coefficient (Wildman–Crippen LogP) is 4.10. The van der Waals surface area contributed by atoms with Gasteiger partial charge in [0.1, 0.15) is 0 Å². The van der Waals surface area contributed by atoms with Gasteiger partial charge in [-0.1, -0.05) is 42.0 Å². The molecule has 0 spiro atoms. The van der Waals surface area contributed by atoms with Gasteiger partial charge < -0.3 is 0 Å². The van der Waals surface area contributed by atoms with E-state index < -0.39 is 0 Å². The van der Waals surface area contributed by atoms with E-state index in [2.05, 4.69) is 50.3 Å². The van der Waals surface area contributed by atoms with E-state index >= 15 is 0 Å². The van der Waals surface area contributed by atoms with Crippen LogP contribution in [0.3, 0.4) is 0 Å². The normalized spacial score (nSPS) is 18.9. The molecule has 0 atom stereocenters. The van der Waals surface area contributed by atoms with Crippen LogP contribution in [0.1, 0.15) is 26.7 Å². The maximum atomic E-state index is 2.31. The van der Waals surface area contributed by atoms with Crippen molar-refractivity contribution < 1.29 is 0 Å². The summed E-state index contributed by atoms with van der Waals surface area (Å²) in [5, 5.41) is 0. The van der Waals surface area contributed by atoms with Gasteiger partial charge in [-0.2, -0.15) is 0 Å². The summed E-state index contributed by atoms with van der Waals surface area (Å²) in [7, 11) is 0. The lowest BCUT2D eigenvalue weighted by molar-refractivity contribution is 1.16. The zero-order valence-electron chi connectivity index (χ0n) is 8.88. The number of allylic oxidation sites excluding steroid dienone is 10. The first-order chi connectivity index (χ1) is 6.77. The van der Waals surface area contributed by atoms with Crippen molar-refractivity contribution >= 4 is 0 Å². The Balaban J connectivity index is 2.14. The van der Waals surface area contributed by atoms with Crippen LogP contribution < -0.4 is 0 Å². The van der Waals surface area contributed by atoms with E-state index in [0.717, 1.165) is 12.8 Å². The molecule has 0 aliphatic heterocycles. The summed E-state index contributed by atoms with van der Waals surface area (Å²) in [6.45, 7) is 4.36. The van der Waals surface area contributed by atoms with Gasteiger partial charge in [0, 0.05) is 0 Å². The average Bonchev–Trinajstić information content (AvgIpc) is 2.75. The maximum Gasteiger partial charge on any atom is -0.00230 e. The Morgan fingerprint density at radius 2 is 2.14 bits per heavy atom. The second-order valence-electron chi connectivity index (χ2n) is 4.06. The lowest BCUT2D eigenvalue weighted by Gasteiger charge is -2.06. The topological polar surface area (TPSA) is 0 Å². The molecule has 0 aromatic heterocycles. The molecule has 0 aromatic carbocycles. The third-order valence-electron chi connectivity index (χ3n) is 2.69. The molecule has 0 fully saturated rings. The van der Waals surface area contributed by atoms with Crippen LogP contribution in [0.25, 0.3) is 0 Å². The monoisotopic (exact) mass is 184 g/mol. The largest absolute Gasteiger partial charge is 0.0805 e. The Labute approximate surface area is 86.0 Å². The Morgan fingerprint density at radius 1 is 1.29 bits per heavy atom. The van der Waals surface area contributed by atoms with Crippen LogP contribution in [-0.2, 0) is 0 Å². The zero-order chi connectivity index (χ0) is 9.97. The van der Waals surface area contributed by atoms with Crippen molar-refractivity contribution in [3.8, 4) is 0 Å². The van der Waals surface area contributed by atoms with Gasteiger partial charge in [0.15, 0.2) is 0 Å². The fraction of sp³-hybridized carbons (Fsp3) is 0.286. The van der Waals surface area contributed by atoms with Gasteiger partial charge in [0.05, 0.1) is 0 Å². The molecular formula is C14H16. The van der Waals surface area contributed by atoms with E-state index in [1.165, 1.54) is 22.3 Å². The van der Waals surface area contributed by atoms with Crippen molar-refractivity contribution in [2.24, 2.45) is 0 Å². The van der Waals surface area contributed by atoms with Crippen LogP contribution in [0.2, 0.25) is 0 Å². The highest BCUT2D eigenvalue weighted by Gasteiger charge is 2.09. The molecule has 0 aromatic rings. The molecule has 0 bridgehead atoms. The maximum absolute atomic E-state index is 2.31. The molecule has 14 heavy (non-hydrogen) atoms. The minimum absolute atomic E-state index is 1.09. The summed E-state index contributed by atoms with van der Waals surface area (Å²) in [5.74, 6) is 0. The van der Waals surface area contributed by atoms with Crippen molar-refractivity contribution in [3.63, 3.8) is 0 Å². The summed E-state index contributed by atoms with van der Waals surface area (Å²) < 4.78 is 0. The van der Waals surface area contributed by atoms with E-state index in [1.807, 2.05) is 0 Å². The summed E-state index contributed by atoms with van der Waals surface area (Å²) in [5.41, 5.74) is 5.75. The first-order valence-electron chi connectivity index (χ1n) is 5.18. The number of hydrogen-bond donors (Lipinski definition) is 0. The molecule has 0 saturated heterocycles. The van der Waals surface area contributed by atoms with Crippen molar-refractivity contribution in [3.05, 3.63) is 58.7 Å². The molecule has 0 nitrogen and oxygen atoms in total. The third-order valence-corrected chi connectivity index (χ3v) is 2.69. The van der Waals surface area contributed by atoms with E-state index in [-0.39, 0.29) is 0 Å². The van der Waals surface area contributed by atoms with E-state index in [9.17, 15) is 0 Å². The lowest BCUT2D eigenvalue weighted by Crippen LogP contribution is -1.88. The molecule has 72 valence electrons. The van der Waals surface area contributed by atoms with Gasteiger partial charge in [0.25, 0.3) is 0 Å². The molecule has 0 heterocycles. The Hall–Kier alpha value is -1.30. The first kappa shape index (κ1) is 9.26. The Morgan fingerprint density at radius 3 is 2.79 bits per heavy atom. The lowest BCUT2D eigenvalue weighted by atomic mass is 9.98. The molecule has 0 unspecified atom stereocenters. The summed E-state index contributed by atoms with van der Waals surface area (Å²) >= 11 is 0. The van der Waals surface area contributed by atoms with Crippen LogP contribution in [-0.4, -0.2) is 0 Å². The second kappa shape index (κ2) is 3.83.